The Kier molecular flexibility index (Phi) is 7.01. The van der Waals surface area contributed by atoms with Gasteiger partial charge in [-0.2, -0.15) is 11.8 Å². The summed E-state index contributed by atoms with van der Waals surface area (Å²) in [5.74, 6) is 0.387. The van der Waals surface area contributed by atoms with E-state index in [1.54, 1.807) is 24.1 Å². The molecule has 0 unspecified atom stereocenters. The third-order valence-electron chi connectivity index (χ3n) is 2.62. The molecule has 1 aromatic rings. The molecule has 0 saturated heterocycles. The topological polar surface area (TPSA) is 72.5 Å². The lowest BCUT2D eigenvalue weighted by Crippen LogP contribution is -2.26. The molecule has 1 N–H and O–H groups in total. The molecule has 0 spiro atoms. The molecule has 114 valence electrons. The van der Waals surface area contributed by atoms with E-state index in [0.717, 1.165) is 29.9 Å². The molecule has 0 fully saturated rings. The number of thioether (sulfide) groups is 1. The number of carbonyl (C=O) groups is 1. The van der Waals surface area contributed by atoms with Crippen LogP contribution in [-0.4, -0.2) is 40.1 Å². The van der Waals surface area contributed by atoms with Crippen LogP contribution in [0.1, 0.15) is 28.1 Å². The second-order valence-corrected chi connectivity index (χ2v) is 7.74. The van der Waals surface area contributed by atoms with Crippen molar-refractivity contribution >= 4 is 39.1 Å². The van der Waals surface area contributed by atoms with E-state index < -0.39 is 16.0 Å². The van der Waals surface area contributed by atoms with Crippen molar-refractivity contribution in [1.29, 1.82) is 0 Å². The van der Waals surface area contributed by atoms with E-state index in [-0.39, 0.29) is 9.77 Å². The second-order valence-electron chi connectivity index (χ2n) is 4.17. The van der Waals surface area contributed by atoms with Gasteiger partial charge in [0.15, 0.2) is 0 Å². The van der Waals surface area contributed by atoms with Crippen LogP contribution in [0.15, 0.2) is 10.3 Å². The van der Waals surface area contributed by atoms with Crippen LogP contribution in [0.25, 0.3) is 0 Å². The molecule has 0 saturated carbocycles. The molecule has 5 nitrogen and oxygen atoms in total. The normalized spacial score (nSPS) is 11.6. The summed E-state index contributed by atoms with van der Waals surface area (Å²) in [5.41, 5.74) is 0.562. The monoisotopic (exact) mass is 337 g/mol. The number of nitrogens with one attached hydrogen (secondary N) is 1. The van der Waals surface area contributed by atoms with Crippen LogP contribution in [0, 0.1) is 6.92 Å². The predicted octanol–water partition coefficient (Wildman–Crippen LogP) is 2.26. The van der Waals surface area contributed by atoms with Gasteiger partial charge in [-0.05, 0) is 42.7 Å². The smallest absolute Gasteiger partial charge is 0.349 e. The van der Waals surface area contributed by atoms with Crippen LogP contribution >= 0.6 is 23.1 Å². The third-order valence-corrected chi connectivity index (χ3v) is 6.18. The van der Waals surface area contributed by atoms with E-state index in [2.05, 4.69) is 9.46 Å². The summed E-state index contributed by atoms with van der Waals surface area (Å²) in [6.45, 7) is 2.05. The molecule has 1 heterocycles. The maximum atomic E-state index is 12.3. The van der Waals surface area contributed by atoms with Gasteiger partial charge in [0.05, 0.1) is 7.11 Å². The molecule has 0 aliphatic heterocycles. The minimum Gasteiger partial charge on any atom is -0.465 e. The summed E-state index contributed by atoms with van der Waals surface area (Å²) < 4.78 is 31.7. The van der Waals surface area contributed by atoms with Crippen LogP contribution in [0.3, 0.4) is 0 Å². The minimum absolute atomic E-state index is 0.0409. The number of methoxy groups -OCH3 is 1. The quantitative estimate of drug-likeness (QED) is 0.582. The number of rotatable bonds is 8. The van der Waals surface area contributed by atoms with Crippen molar-refractivity contribution in [1.82, 2.24) is 4.72 Å². The Morgan fingerprint density at radius 3 is 2.75 bits per heavy atom. The van der Waals surface area contributed by atoms with E-state index in [9.17, 15) is 13.2 Å². The number of esters is 1. The number of aryl methyl sites for hydroxylation is 1. The van der Waals surface area contributed by atoms with Gasteiger partial charge in [-0.15, -0.1) is 11.3 Å². The zero-order valence-corrected chi connectivity index (χ0v) is 14.2. The molecule has 0 amide bonds. The molecule has 0 aromatic carbocycles. The maximum absolute atomic E-state index is 12.3. The van der Waals surface area contributed by atoms with Gasteiger partial charge in [0.2, 0.25) is 10.0 Å². The molecular weight excluding hydrogens is 318 g/mol. The Morgan fingerprint density at radius 1 is 1.45 bits per heavy atom. The zero-order valence-electron chi connectivity index (χ0n) is 11.8. The first-order chi connectivity index (χ1) is 9.44. The van der Waals surface area contributed by atoms with Gasteiger partial charge in [-0.1, -0.05) is 0 Å². The first-order valence-electron chi connectivity index (χ1n) is 6.09. The second kappa shape index (κ2) is 8.02. The number of unbranched alkanes of at least 4 members (excludes halogenated alkanes) is 1. The fourth-order valence-corrected chi connectivity index (χ4v) is 4.92. The average Bonchev–Trinajstić information content (AvgIpc) is 2.80. The SMILES string of the molecule is COC(=O)c1scc(C)c1S(=O)(=O)NCCCCSC. The Morgan fingerprint density at radius 2 is 2.15 bits per heavy atom. The highest BCUT2D eigenvalue weighted by atomic mass is 32.2. The summed E-state index contributed by atoms with van der Waals surface area (Å²) >= 11 is 2.82. The molecule has 0 radical (unpaired) electrons. The fourth-order valence-electron chi connectivity index (χ4n) is 1.65. The highest BCUT2D eigenvalue weighted by Crippen LogP contribution is 2.27. The summed E-state index contributed by atoms with van der Waals surface area (Å²) in [4.78, 5) is 11.8. The number of ether oxygens (including phenoxy) is 1. The largest absolute Gasteiger partial charge is 0.465 e. The first kappa shape index (κ1) is 17.5. The molecule has 8 heteroatoms. The number of sulfonamides is 1. The highest BCUT2D eigenvalue weighted by molar-refractivity contribution is 7.98. The number of hydrogen-bond acceptors (Lipinski definition) is 6. The summed E-state index contributed by atoms with van der Waals surface area (Å²) in [6, 6.07) is 0. The fraction of sp³-hybridized carbons (Fsp3) is 0.583. The summed E-state index contributed by atoms with van der Waals surface area (Å²) in [5, 5.41) is 1.65. The lowest BCUT2D eigenvalue weighted by atomic mass is 10.3. The summed E-state index contributed by atoms with van der Waals surface area (Å²) in [7, 11) is -2.43. The van der Waals surface area contributed by atoms with Crippen molar-refractivity contribution in [2.45, 2.75) is 24.7 Å². The Labute approximate surface area is 128 Å². The standard InChI is InChI=1S/C12H19NO4S3/c1-9-8-19-10(12(14)17-2)11(9)20(15,16)13-6-4-5-7-18-3/h8,13H,4-7H2,1-3H3. The summed E-state index contributed by atoms with van der Waals surface area (Å²) in [6.07, 6.45) is 3.74. The lowest BCUT2D eigenvalue weighted by Gasteiger charge is -2.08. The molecule has 0 bridgehead atoms. The van der Waals surface area contributed by atoms with Crippen molar-refractivity contribution in [2.24, 2.45) is 0 Å². The third kappa shape index (κ3) is 4.47. The molecule has 1 aromatic heterocycles. The maximum Gasteiger partial charge on any atom is 0.349 e. The molecule has 1 rings (SSSR count). The number of thiophene rings is 1. The Balaban J connectivity index is 2.82. The Hall–Kier alpha value is -0.570. The van der Waals surface area contributed by atoms with E-state index in [0.29, 0.717) is 12.1 Å². The van der Waals surface area contributed by atoms with Crippen LogP contribution in [0.5, 0.6) is 0 Å². The molecule has 0 aliphatic carbocycles. The van der Waals surface area contributed by atoms with Crippen LogP contribution in [-0.2, 0) is 14.8 Å². The zero-order chi connectivity index (χ0) is 15.2. The highest BCUT2D eigenvalue weighted by Gasteiger charge is 2.26. The molecule has 20 heavy (non-hydrogen) atoms. The van der Waals surface area contributed by atoms with E-state index in [1.807, 2.05) is 6.26 Å². The number of hydrogen-bond donors (Lipinski definition) is 1. The first-order valence-corrected chi connectivity index (χ1v) is 9.84. The number of carbonyl (C=O) groups excluding carboxylic acids is 1. The predicted molar refractivity (Wildman–Crippen MR) is 83.2 cm³/mol. The van der Waals surface area contributed by atoms with Crippen molar-refractivity contribution in [2.75, 3.05) is 25.7 Å². The van der Waals surface area contributed by atoms with Gasteiger partial charge in [-0.3, -0.25) is 0 Å². The van der Waals surface area contributed by atoms with Crippen LogP contribution in [0.4, 0.5) is 0 Å². The van der Waals surface area contributed by atoms with Crippen LogP contribution < -0.4 is 4.72 Å². The minimum atomic E-state index is -3.67. The van der Waals surface area contributed by atoms with Gasteiger partial charge in [0, 0.05) is 6.54 Å². The molecule has 0 aliphatic rings. The van der Waals surface area contributed by atoms with E-state index >= 15 is 0 Å². The van der Waals surface area contributed by atoms with Crippen molar-refractivity contribution in [3.05, 3.63) is 15.8 Å². The van der Waals surface area contributed by atoms with Crippen molar-refractivity contribution in [3.8, 4) is 0 Å². The van der Waals surface area contributed by atoms with Crippen molar-refractivity contribution in [3.63, 3.8) is 0 Å². The average molecular weight is 337 g/mol. The van der Waals surface area contributed by atoms with Gasteiger partial charge < -0.3 is 4.74 Å². The van der Waals surface area contributed by atoms with Gasteiger partial charge in [0.25, 0.3) is 0 Å². The van der Waals surface area contributed by atoms with E-state index in [1.165, 1.54) is 7.11 Å². The van der Waals surface area contributed by atoms with E-state index in [4.69, 9.17) is 0 Å². The van der Waals surface area contributed by atoms with Gasteiger partial charge in [0.1, 0.15) is 9.77 Å². The van der Waals surface area contributed by atoms with Crippen molar-refractivity contribution < 1.29 is 17.9 Å². The molecule has 0 atom stereocenters. The molecular formula is C12H19NO4S3. The van der Waals surface area contributed by atoms with Gasteiger partial charge in [-0.25, -0.2) is 17.9 Å². The lowest BCUT2D eigenvalue weighted by molar-refractivity contribution is 0.0602. The van der Waals surface area contributed by atoms with Gasteiger partial charge >= 0.3 is 5.97 Å². The van der Waals surface area contributed by atoms with Crippen LogP contribution in [0.2, 0.25) is 0 Å². The Bertz CT molecular complexity index is 551.